The van der Waals surface area contributed by atoms with Crippen LogP contribution in [0.15, 0.2) is 77.6 Å². The summed E-state index contributed by atoms with van der Waals surface area (Å²) in [4.78, 5) is 25.3. The van der Waals surface area contributed by atoms with E-state index in [1.54, 1.807) is 30.3 Å². The van der Waals surface area contributed by atoms with Gasteiger partial charge in [-0.3, -0.25) is 9.59 Å². The first-order valence-corrected chi connectivity index (χ1v) is 8.23. The normalized spacial score (nSPS) is 10.9. The van der Waals surface area contributed by atoms with Gasteiger partial charge in [0.2, 0.25) is 5.91 Å². The van der Waals surface area contributed by atoms with Gasteiger partial charge in [0.25, 0.3) is 0 Å². The topological polar surface area (TPSA) is 71.3 Å². The highest BCUT2D eigenvalue weighted by molar-refractivity contribution is 5.97. The SMILES string of the molecule is O=C(Cn1c2ccccc2c(=O)c2ccccc21)Nc1ccccc1O. The number of nitrogens with one attached hydrogen (secondary N) is 1. The van der Waals surface area contributed by atoms with Crippen molar-refractivity contribution in [3.05, 3.63) is 83.0 Å². The van der Waals surface area contributed by atoms with Crippen LogP contribution in [-0.2, 0) is 11.3 Å². The van der Waals surface area contributed by atoms with Crippen molar-refractivity contribution in [2.45, 2.75) is 6.54 Å². The Labute approximate surface area is 149 Å². The van der Waals surface area contributed by atoms with Gasteiger partial charge in [0, 0.05) is 10.8 Å². The summed E-state index contributed by atoms with van der Waals surface area (Å²) in [6.07, 6.45) is 0. The molecule has 5 nitrogen and oxygen atoms in total. The molecule has 0 spiro atoms. The summed E-state index contributed by atoms with van der Waals surface area (Å²) in [6.45, 7) is 0.0235. The molecule has 128 valence electrons. The summed E-state index contributed by atoms with van der Waals surface area (Å²) in [7, 11) is 0. The molecule has 4 aromatic rings. The van der Waals surface area contributed by atoms with Gasteiger partial charge in [0.1, 0.15) is 12.3 Å². The largest absolute Gasteiger partial charge is 0.506 e. The average molecular weight is 344 g/mol. The predicted octanol–water partition coefficient (Wildman–Crippen LogP) is 3.50. The van der Waals surface area contributed by atoms with Gasteiger partial charge in [-0.1, -0.05) is 36.4 Å². The Hall–Kier alpha value is -3.60. The lowest BCUT2D eigenvalue weighted by atomic mass is 10.1. The molecule has 0 aliphatic rings. The smallest absolute Gasteiger partial charge is 0.244 e. The molecule has 2 N–H and O–H groups in total. The number of aromatic hydroxyl groups is 1. The van der Waals surface area contributed by atoms with Gasteiger partial charge >= 0.3 is 0 Å². The van der Waals surface area contributed by atoms with E-state index >= 15 is 0 Å². The molecule has 3 aromatic carbocycles. The van der Waals surface area contributed by atoms with E-state index in [0.29, 0.717) is 27.5 Å². The molecule has 1 amide bonds. The van der Waals surface area contributed by atoms with Crippen molar-refractivity contribution < 1.29 is 9.90 Å². The van der Waals surface area contributed by atoms with Gasteiger partial charge in [-0.25, -0.2) is 0 Å². The second-order valence-corrected chi connectivity index (χ2v) is 6.01. The first-order valence-electron chi connectivity index (χ1n) is 8.23. The maximum Gasteiger partial charge on any atom is 0.244 e. The van der Waals surface area contributed by atoms with E-state index in [2.05, 4.69) is 5.32 Å². The van der Waals surface area contributed by atoms with Crippen molar-refractivity contribution in [2.75, 3.05) is 5.32 Å². The molecule has 0 saturated heterocycles. The van der Waals surface area contributed by atoms with Crippen molar-refractivity contribution in [2.24, 2.45) is 0 Å². The van der Waals surface area contributed by atoms with E-state index in [1.165, 1.54) is 6.07 Å². The molecule has 0 radical (unpaired) electrons. The highest BCUT2D eigenvalue weighted by Crippen LogP contribution is 2.23. The Morgan fingerprint density at radius 1 is 0.846 bits per heavy atom. The monoisotopic (exact) mass is 344 g/mol. The van der Waals surface area contributed by atoms with Gasteiger partial charge in [-0.05, 0) is 36.4 Å². The molecular formula is C21H16N2O3. The lowest BCUT2D eigenvalue weighted by molar-refractivity contribution is -0.116. The van der Waals surface area contributed by atoms with Crippen molar-refractivity contribution in [3.8, 4) is 5.75 Å². The van der Waals surface area contributed by atoms with Crippen LogP contribution in [0.1, 0.15) is 0 Å². The fourth-order valence-corrected chi connectivity index (χ4v) is 3.16. The van der Waals surface area contributed by atoms with E-state index in [1.807, 2.05) is 41.0 Å². The first-order chi connectivity index (χ1) is 12.6. The Morgan fingerprint density at radius 3 is 2.00 bits per heavy atom. The maximum absolute atomic E-state index is 12.7. The minimum absolute atomic E-state index is 0.00970. The number of benzene rings is 3. The molecular weight excluding hydrogens is 328 g/mol. The Morgan fingerprint density at radius 2 is 1.38 bits per heavy atom. The number of nitrogens with zero attached hydrogens (tertiary/aromatic N) is 1. The second-order valence-electron chi connectivity index (χ2n) is 6.01. The Kier molecular flexibility index (Phi) is 3.89. The van der Waals surface area contributed by atoms with Crippen LogP contribution in [0.5, 0.6) is 5.75 Å². The van der Waals surface area contributed by atoms with Crippen molar-refractivity contribution in [1.29, 1.82) is 0 Å². The molecule has 0 unspecified atom stereocenters. The molecule has 0 atom stereocenters. The van der Waals surface area contributed by atoms with Crippen molar-refractivity contribution >= 4 is 33.4 Å². The number of amides is 1. The van der Waals surface area contributed by atoms with Gasteiger partial charge in [-0.2, -0.15) is 0 Å². The highest BCUT2D eigenvalue weighted by Gasteiger charge is 2.13. The van der Waals surface area contributed by atoms with E-state index in [-0.39, 0.29) is 23.6 Å². The maximum atomic E-state index is 12.7. The summed E-state index contributed by atoms with van der Waals surface area (Å²) in [6, 6.07) is 21.1. The van der Waals surface area contributed by atoms with Crippen LogP contribution in [0, 0.1) is 0 Å². The molecule has 0 bridgehead atoms. The van der Waals surface area contributed by atoms with Crippen LogP contribution >= 0.6 is 0 Å². The summed E-state index contributed by atoms with van der Waals surface area (Å²) in [5, 5.41) is 13.7. The number of pyridine rings is 1. The minimum Gasteiger partial charge on any atom is -0.506 e. The Bertz CT molecular complexity index is 1130. The van der Waals surface area contributed by atoms with Crippen LogP contribution in [0.3, 0.4) is 0 Å². The third kappa shape index (κ3) is 2.69. The number of rotatable bonds is 3. The van der Waals surface area contributed by atoms with E-state index in [0.717, 1.165) is 0 Å². The number of carbonyl (C=O) groups excluding carboxylic acids is 1. The van der Waals surface area contributed by atoms with Gasteiger partial charge in [0.05, 0.1) is 16.7 Å². The van der Waals surface area contributed by atoms with Gasteiger partial charge < -0.3 is 15.0 Å². The molecule has 1 heterocycles. The molecule has 0 fully saturated rings. The van der Waals surface area contributed by atoms with Crippen molar-refractivity contribution in [3.63, 3.8) is 0 Å². The number of phenolic OH excluding ortho intramolecular Hbond substituents is 1. The zero-order valence-corrected chi connectivity index (χ0v) is 13.8. The van der Waals surface area contributed by atoms with Crippen LogP contribution in [0.4, 0.5) is 5.69 Å². The Balaban J connectivity index is 1.82. The van der Waals surface area contributed by atoms with E-state index in [4.69, 9.17) is 0 Å². The van der Waals surface area contributed by atoms with Gasteiger partial charge in [-0.15, -0.1) is 0 Å². The highest BCUT2D eigenvalue weighted by atomic mass is 16.3. The number of hydrogen-bond acceptors (Lipinski definition) is 3. The fraction of sp³-hybridized carbons (Fsp3) is 0.0476. The quantitative estimate of drug-likeness (QED) is 0.441. The summed E-state index contributed by atoms with van der Waals surface area (Å²) < 4.78 is 1.82. The molecule has 26 heavy (non-hydrogen) atoms. The average Bonchev–Trinajstić information content (AvgIpc) is 2.67. The third-order valence-corrected chi connectivity index (χ3v) is 4.36. The molecule has 0 saturated carbocycles. The number of fused-ring (bicyclic) bond motifs is 2. The number of para-hydroxylation sites is 4. The summed E-state index contributed by atoms with van der Waals surface area (Å²) in [5.74, 6) is -0.277. The van der Waals surface area contributed by atoms with Crippen molar-refractivity contribution in [1.82, 2.24) is 4.57 Å². The molecule has 0 aliphatic carbocycles. The number of aromatic nitrogens is 1. The lowest BCUT2D eigenvalue weighted by Gasteiger charge is -2.15. The fourth-order valence-electron chi connectivity index (χ4n) is 3.16. The first kappa shape index (κ1) is 15.9. The number of hydrogen-bond donors (Lipinski definition) is 2. The van der Waals surface area contributed by atoms with E-state index in [9.17, 15) is 14.7 Å². The third-order valence-electron chi connectivity index (χ3n) is 4.36. The molecule has 0 aliphatic heterocycles. The number of anilines is 1. The minimum atomic E-state index is -0.287. The predicted molar refractivity (Wildman–Crippen MR) is 102 cm³/mol. The molecule has 4 rings (SSSR count). The summed E-state index contributed by atoms with van der Waals surface area (Å²) in [5.41, 5.74) is 1.70. The molecule has 1 aromatic heterocycles. The summed E-state index contributed by atoms with van der Waals surface area (Å²) >= 11 is 0. The molecule has 5 heteroatoms. The van der Waals surface area contributed by atoms with Crippen LogP contribution in [0.2, 0.25) is 0 Å². The number of carbonyl (C=O) groups is 1. The van der Waals surface area contributed by atoms with E-state index < -0.39 is 0 Å². The van der Waals surface area contributed by atoms with Crippen LogP contribution < -0.4 is 10.7 Å². The lowest BCUT2D eigenvalue weighted by Crippen LogP contribution is -2.21. The zero-order chi connectivity index (χ0) is 18.1. The van der Waals surface area contributed by atoms with Crippen LogP contribution in [-0.4, -0.2) is 15.6 Å². The number of phenols is 1. The van der Waals surface area contributed by atoms with Gasteiger partial charge in [0.15, 0.2) is 5.43 Å². The second kappa shape index (κ2) is 6.37. The standard InChI is InChI=1S/C21H16N2O3/c24-19-12-6-3-9-16(19)22-20(25)13-23-17-10-4-1-7-14(17)21(26)15-8-2-5-11-18(15)23/h1-12,24H,13H2,(H,22,25). The zero-order valence-electron chi connectivity index (χ0n) is 13.8. The van der Waals surface area contributed by atoms with Crippen LogP contribution in [0.25, 0.3) is 21.8 Å².